The van der Waals surface area contributed by atoms with Gasteiger partial charge < -0.3 is 14.8 Å². The molecule has 2 heterocycles. The summed E-state index contributed by atoms with van der Waals surface area (Å²) in [4.78, 5) is 29.4. The number of hydrogen-bond acceptors (Lipinski definition) is 3. The van der Waals surface area contributed by atoms with Crippen LogP contribution in [0.4, 0.5) is 5.69 Å². The first-order valence-electron chi connectivity index (χ1n) is 11.2. The second-order valence-corrected chi connectivity index (χ2v) is 9.64. The van der Waals surface area contributed by atoms with Gasteiger partial charge in [0.1, 0.15) is 12.2 Å². The summed E-state index contributed by atoms with van der Waals surface area (Å²) in [5.74, 6) is -0.149. The van der Waals surface area contributed by atoms with E-state index in [1.54, 1.807) is 0 Å². The number of amides is 2. The van der Waals surface area contributed by atoms with Crippen molar-refractivity contribution in [3.05, 3.63) is 69.5 Å². The van der Waals surface area contributed by atoms with Gasteiger partial charge in [-0.3, -0.25) is 14.5 Å². The lowest BCUT2D eigenvalue weighted by Crippen LogP contribution is -2.33. The van der Waals surface area contributed by atoms with Crippen molar-refractivity contribution in [1.82, 2.24) is 14.8 Å². The Morgan fingerprint density at radius 2 is 1.85 bits per heavy atom. The Labute approximate surface area is 213 Å². The molecule has 0 bridgehead atoms. The van der Waals surface area contributed by atoms with Crippen LogP contribution in [0, 0.1) is 13.8 Å². The molecular formula is C26H27BrN4O2S. The van der Waals surface area contributed by atoms with E-state index in [0.29, 0.717) is 23.9 Å². The van der Waals surface area contributed by atoms with E-state index in [1.165, 1.54) is 4.90 Å². The highest BCUT2D eigenvalue weighted by molar-refractivity contribution is 9.10. The summed E-state index contributed by atoms with van der Waals surface area (Å²) >= 11 is 9.04. The number of thiocarbonyl (C=S) groups is 1. The molecule has 0 aliphatic carbocycles. The van der Waals surface area contributed by atoms with Crippen molar-refractivity contribution in [3.63, 3.8) is 0 Å². The van der Waals surface area contributed by atoms with Gasteiger partial charge in [-0.25, -0.2) is 0 Å². The standard InChI is InChI=1S/C26H27BrN4O2S/c1-5-29(6-2)24(32)15-30-14-18(21-13-19(27)8-10-23(21)30)12-22-25(33)31(26(34)28-22)20-9-7-16(3)17(4)11-20/h7-14H,5-6,15H2,1-4H3,(H,28,34)/b22-12-. The first kappa shape index (κ1) is 24.2. The van der Waals surface area contributed by atoms with Gasteiger partial charge in [-0.2, -0.15) is 0 Å². The quantitative estimate of drug-likeness (QED) is 0.348. The number of carbonyl (C=O) groups excluding carboxylic acids is 2. The number of nitrogens with zero attached hydrogens (tertiary/aromatic N) is 3. The van der Waals surface area contributed by atoms with Crippen molar-refractivity contribution in [2.24, 2.45) is 0 Å². The maximum Gasteiger partial charge on any atom is 0.281 e. The van der Waals surface area contributed by atoms with Crippen LogP contribution in [0.15, 0.2) is 52.8 Å². The topological polar surface area (TPSA) is 57.6 Å². The van der Waals surface area contributed by atoms with Crippen LogP contribution in [-0.4, -0.2) is 39.5 Å². The van der Waals surface area contributed by atoms with Crippen LogP contribution in [-0.2, 0) is 16.1 Å². The Balaban J connectivity index is 1.72. The fourth-order valence-electron chi connectivity index (χ4n) is 4.15. The molecule has 0 spiro atoms. The van der Waals surface area contributed by atoms with E-state index >= 15 is 0 Å². The van der Waals surface area contributed by atoms with Crippen LogP contribution < -0.4 is 10.2 Å². The molecule has 0 saturated carbocycles. The number of rotatable bonds is 6. The summed E-state index contributed by atoms with van der Waals surface area (Å²) in [5, 5.41) is 4.37. The average molecular weight is 539 g/mol. The van der Waals surface area contributed by atoms with Gasteiger partial charge in [0, 0.05) is 40.2 Å². The first-order chi connectivity index (χ1) is 16.2. The average Bonchev–Trinajstić information content (AvgIpc) is 3.27. The van der Waals surface area contributed by atoms with Gasteiger partial charge >= 0.3 is 0 Å². The zero-order chi connectivity index (χ0) is 24.6. The van der Waals surface area contributed by atoms with Gasteiger partial charge in [0.05, 0.1) is 5.69 Å². The van der Waals surface area contributed by atoms with Crippen LogP contribution in [0.25, 0.3) is 17.0 Å². The molecule has 2 amide bonds. The van der Waals surface area contributed by atoms with Crippen molar-refractivity contribution in [3.8, 4) is 0 Å². The van der Waals surface area contributed by atoms with Gasteiger partial charge in [-0.1, -0.05) is 22.0 Å². The molecule has 6 nitrogen and oxygen atoms in total. The molecule has 2 aromatic carbocycles. The molecule has 34 heavy (non-hydrogen) atoms. The molecule has 1 aliphatic heterocycles. The number of nitrogens with one attached hydrogen (secondary N) is 1. The third kappa shape index (κ3) is 4.52. The van der Waals surface area contributed by atoms with Crippen molar-refractivity contribution in [2.45, 2.75) is 34.2 Å². The number of halogens is 1. The molecular weight excluding hydrogens is 512 g/mol. The third-order valence-electron chi connectivity index (χ3n) is 6.22. The summed E-state index contributed by atoms with van der Waals surface area (Å²) in [6.45, 7) is 9.57. The summed E-state index contributed by atoms with van der Waals surface area (Å²) in [5.41, 5.74) is 5.15. The molecule has 0 atom stereocenters. The Morgan fingerprint density at radius 1 is 1.12 bits per heavy atom. The minimum absolute atomic E-state index is 0.0567. The Bertz CT molecular complexity index is 1340. The van der Waals surface area contributed by atoms with Gasteiger partial charge in [0.15, 0.2) is 5.11 Å². The number of fused-ring (bicyclic) bond motifs is 1. The number of benzene rings is 2. The lowest BCUT2D eigenvalue weighted by atomic mass is 10.1. The van der Waals surface area contributed by atoms with Crippen LogP contribution in [0.5, 0.6) is 0 Å². The lowest BCUT2D eigenvalue weighted by molar-refractivity contribution is -0.131. The molecule has 1 aliphatic rings. The SMILES string of the molecule is CCN(CC)C(=O)Cn1cc(/C=C2\NC(=S)N(c3ccc(C)c(C)c3)C2=O)c2cc(Br)ccc21. The Morgan fingerprint density at radius 3 is 2.53 bits per heavy atom. The molecule has 1 aromatic heterocycles. The second-order valence-electron chi connectivity index (χ2n) is 8.34. The predicted molar refractivity (Wildman–Crippen MR) is 145 cm³/mol. The minimum Gasteiger partial charge on any atom is -0.342 e. The van der Waals surface area contributed by atoms with E-state index in [9.17, 15) is 9.59 Å². The van der Waals surface area contributed by atoms with Crippen molar-refractivity contribution in [2.75, 3.05) is 18.0 Å². The van der Waals surface area contributed by atoms with E-state index in [-0.39, 0.29) is 18.4 Å². The van der Waals surface area contributed by atoms with Crippen LogP contribution >= 0.6 is 28.1 Å². The van der Waals surface area contributed by atoms with Gasteiger partial charge in [-0.05, 0) is 87.4 Å². The lowest BCUT2D eigenvalue weighted by Gasteiger charge is -2.19. The molecule has 4 rings (SSSR count). The first-order valence-corrected chi connectivity index (χ1v) is 12.4. The monoisotopic (exact) mass is 538 g/mol. The Hall–Kier alpha value is -2.97. The minimum atomic E-state index is -0.205. The number of anilines is 1. The van der Waals surface area contributed by atoms with Gasteiger partial charge in [0.25, 0.3) is 5.91 Å². The fourth-order valence-corrected chi connectivity index (χ4v) is 4.81. The van der Waals surface area contributed by atoms with Crippen LogP contribution in [0.2, 0.25) is 0 Å². The fraction of sp³-hybridized carbons (Fsp3) is 0.269. The maximum absolute atomic E-state index is 13.3. The number of aryl methyl sites for hydroxylation is 2. The predicted octanol–water partition coefficient (Wildman–Crippen LogP) is 5.15. The maximum atomic E-state index is 13.3. The van der Waals surface area contributed by atoms with E-state index in [0.717, 1.165) is 37.8 Å². The zero-order valence-electron chi connectivity index (χ0n) is 19.7. The number of aromatic nitrogens is 1. The van der Waals surface area contributed by atoms with E-state index in [2.05, 4.69) is 21.2 Å². The smallest absolute Gasteiger partial charge is 0.281 e. The van der Waals surface area contributed by atoms with Crippen LogP contribution in [0.3, 0.4) is 0 Å². The zero-order valence-corrected chi connectivity index (χ0v) is 22.1. The third-order valence-corrected chi connectivity index (χ3v) is 7.00. The normalized spacial score (nSPS) is 14.9. The van der Waals surface area contributed by atoms with Gasteiger partial charge in [0.2, 0.25) is 5.91 Å². The molecule has 0 radical (unpaired) electrons. The molecule has 1 N–H and O–H groups in total. The van der Waals surface area contributed by atoms with Crippen molar-refractivity contribution in [1.29, 1.82) is 0 Å². The number of likely N-dealkylation sites (N-methyl/N-ethyl adjacent to an activating group) is 1. The molecule has 1 fully saturated rings. The Kier molecular flexibility index (Phi) is 6.91. The van der Waals surface area contributed by atoms with Crippen molar-refractivity contribution < 1.29 is 9.59 Å². The summed E-state index contributed by atoms with van der Waals surface area (Å²) in [7, 11) is 0. The number of hydrogen-bond donors (Lipinski definition) is 1. The molecule has 0 unspecified atom stereocenters. The van der Waals surface area contributed by atoms with E-state index < -0.39 is 0 Å². The van der Waals surface area contributed by atoms with Crippen LogP contribution in [0.1, 0.15) is 30.5 Å². The molecule has 3 aromatic rings. The summed E-state index contributed by atoms with van der Waals surface area (Å²) in [6.07, 6.45) is 3.73. The highest BCUT2D eigenvalue weighted by atomic mass is 79.9. The van der Waals surface area contributed by atoms with E-state index in [4.69, 9.17) is 12.2 Å². The van der Waals surface area contributed by atoms with Gasteiger partial charge in [-0.15, -0.1) is 0 Å². The van der Waals surface area contributed by atoms with Crippen molar-refractivity contribution >= 4 is 67.7 Å². The van der Waals surface area contributed by atoms with E-state index in [1.807, 2.05) is 85.8 Å². The highest BCUT2D eigenvalue weighted by Gasteiger charge is 2.32. The summed E-state index contributed by atoms with van der Waals surface area (Å²) in [6, 6.07) is 11.8. The largest absolute Gasteiger partial charge is 0.342 e. The molecule has 176 valence electrons. The molecule has 8 heteroatoms. The molecule has 1 saturated heterocycles. The summed E-state index contributed by atoms with van der Waals surface area (Å²) < 4.78 is 2.86. The second kappa shape index (κ2) is 9.72. The highest BCUT2D eigenvalue weighted by Crippen LogP contribution is 2.29. The number of carbonyl (C=O) groups is 2.